The Morgan fingerprint density at radius 3 is 2.58 bits per heavy atom. The Morgan fingerprint density at radius 1 is 1.12 bits per heavy atom. The topological polar surface area (TPSA) is 49.4 Å². The lowest BCUT2D eigenvalue weighted by atomic mass is 10.0. The number of nitrogens with one attached hydrogen (secondary N) is 1. The first kappa shape index (κ1) is 17.1. The molecular weight excluding hydrogens is 348 g/mol. The van der Waals surface area contributed by atoms with Crippen LogP contribution in [0.1, 0.15) is 30.9 Å². The number of amides is 2. The summed E-state index contributed by atoms with van der Waals surface area (Å²) < 4.78 is 0. The van der Waals surface area contributed by atoms with Crippen LogP contribution in [-0.4, -0.2) is 18.4 Å². The Labute approximate surface area is 158 Å². The van der Waals surface area contributed by atoms with Gasteiger partial charge < -0.3 is 10.2 Å². The molecular formula is C21H21ClN2O2. The molecule has 134 valence electrons. The van der Waals surface area contributed by atoms with Crippen molar-refractivity contribution in [2.75, 3.05) is 11.4 Å². The fourth-order valence-electron chi connectivity index (χ4n) is 3.61. The third-order valence-electron chi connectivity index (χ3n) is 5.17. The Balaban J connectivity index is 1.46. The molecule has 4 rings (SSSR count). The summed E-state index contributed by atoms with van der Waals surface area (Å²) >= 11 is 6.03. The van der Waals surface area contributed by atoms with E-state index < -0.39 is 0 Å². The Hall–Kier alpha value is -2.33. The average molecular weight is 369 g/mol. The van der Waals surface area contributed by atoms with Gasteiger partial charge in [0.15, 0.2) is 0 Å². The summed E-state index contributed by atoms with van der Waals surface area (Å²) in [6.07, 6.45) is 2.51. The maximum absolute atomic E-state index is 12.8. The fraction of sp³-hybridized carbons (Fsp3) is 0.333. The second-order valence-corrected chi connectivity index (χ2v) is 7.56. The second-order valence-electron chi connectivity index (χ2n) is 7.12. The van der Waals surface area contributed by atoms with E-state index in [1.807, 2.05) is 30.3 Å². The zero-order chi connectivity index (χ0) is 18.1. The van der Waals surface area contributed by atoms with Crippen LogP contribution >= 0.6 is 11.6 Å². The van der Waals surface area contributed by atoms with Gasteiger partial charge in [-0.15, -0.1) is 0 Å². The molecule has 2 atom stereocenters. The summed E-state index contributed by atoms with van der Waals surface area (Å²) in [5.41, 5.74) is 1.89. The van der Waals surface area contributed by atoms with E-state index in [0.717, 1.165) is 24.1 Å². The standard InChI is InChI=1S/C21H21ClN2O2/c22-17-7-4-8-18(12-17)24-13-16(11-19(24)25)21(26)23-20(15-9-10-15)14-5-2-1-3-6-14/h1-8,12,15-16,20H,9-11,13H2,(H,23,26). The molecule has 2 aromatic carbocycles. The monoisotopic (exact) mass is 368 g/mol. The zero-order valence-corrected chi connectivity index (χ0v) is 15.2. The fourth-order valence-corrected chi connectivity index (χ4v) is 3.80. The van der Waals surface area contributed by atoms with E-state index in [2.05, 4.69) is 17.4 Å². The summed E-state index contributed by atoms with van der Waals surface area (Å²) in [6.45, 7) is 0.400. The van der Waals surface area contributed by atoms with Gasteiger partial charge in [-0.1, -0.05) is 48.0 Å². The molecule has 1 saturated carbocycles. The predicted molar refractivity (Wildman–Crippen MR) is 102 cm³/mol. The number of hydrogen-bond donors (Lipinski definition) is 1. The largest absolute Gasteiger partial charge is 0.349 e. The molecule has 1 aliphatic heterocycles. The number of nitrogens with zero attached hydrogens (tertiary/aromatic N) is 1. The summed E-state index contributed by atoms with van der Waals surface area (Å²) in [7, 11) is 0. The average Bonchev–Trinajstić information content (AvgIpc) is 3.41. The first-order valence-corrected chi connectivity index (χ1v) is 9.41. The summed E-state index contributed by atoms with van der Waals surface area (Å²) in [4.78, 5) is 26.9. The van der Waals surface area contributed by atoms with E-state index >= 15 is 0 Å². The van der Waals surface area contributed by atoms with Gasteiger partial charge in [-0.05, 0) is 42.5 Å². The minimum atomic E-state index is -0.327. The van der Waals surface area contributed by atoms with Crippen molar-refractivity contribution in [3.63, 3.8) is 0 Å². The molecule has 2 aromatic rings. The van der Waals surface area contributed by atoms with E-state index in [-0.39, 0.29) is 30.2 Å². The second kappa shape index (κ2) is 7.12. The van der Waals surface area contributed by atoms with Gasteiger partial charge in [0, 0.05) is 23.7 Å². The highest BCUT2D eigenvalue weighted by Gasteiger charge is 2.39. The normalized spacial score (nSPS) is 20.9. The van der Waals surface area contributed by atoms with Gasteiger partial charge in [0.1, 0.15) is 0 Å². The van der Waals surface area contributed by atoms with E-state index in [0.29, 0.717) is 17.5 Å². The minimum absolute atomic E-state index is 0.0323. The third kappa shape index (κ3) is 3.61. The van der Waals surface area contributed by atoms with Gasteiger partial charge in [0.25, 0.3) is 0 Å². The van der Waals surface area contributed by atoms with Gasteiger partial charge in [0.2, 0.25) is 11.8 Å². The lowest BCUT2D eigenvalue weighted by Crippen LogP contribution is -2.36. The molecule has 1 aliphatic carbocycles. The van der Waals surface area contributed by atoms with E-state index in [9.17, 15) is 9.59 Å². The van der Waals surface area contributed by atoms with Crippen molar-refractivity contribution < 1.29 is 9.59 Å². The van der Waals surface area contributed by atoms with Crippen LogP contribution in [0.4, 0.5) is 5.69 Å². The number of benzene rings is 2. The van der Waals surface area contributed by atoms with Crippen molar-refractivity contribution in [1.29, 1.82) is 0 Å². The number of carbonyl (C=O) groups is 2. The third-order valence-corrected chi connectivity index (χ3v) is 5.40. The minimum Gasteiger partial charge on any atom is -0.349 e. The molecule has 2 amide bonds. The lowest BCUT2D eigenvalue weighted by molar-refractivity contribution is -0.127. The van der Waals surface area contributed by atoms with Crippen molar-refractivity contribution in [3.05, 3.63) is 65.2 Å². The van der Waals surface area contributed by atoms with Gasteiger partial charge in [-0.25, -0.2) is 0 Å². The quantitative estimate of drug-likeness (QED) is 0.868. The van der Waals surface area contributed by atoms with E-state index in [4.69, 9.17) is 11.6 Å². The van der Waals surface area contributed by atoms with Crippen LogP contribution in [0, 0.1) is 11.8 Å². The van der Waals surface area contributed by atoms with Gasteiger partial charge >= 0.3 is 0 Å². The molecule has 1 saturated heterocycles. The van der Waals surface area contributed by atoms with Crippen LogP contribution in [0.5, 0.6) is 0 Å². The molecule has 2 aliphatic rings. The molecule has 2 unspecified atom stereocenters. The van der Waals surface area contributed by atoms with Crippen molar-refractivity contribution in [3.8, 4) is 0 Å². The molecule has 0 bridgehead atoms. The summed E-state index contributed by atoms with van der Waals surface area (Å²) in [5.74, 6) is 0.104. The molecule has 0 aromatic heterocycles. The van der Waals surface area contributed by atoms with Crippen LogP contribution in [0.15, 0.2) is 54.6 Å². The number of hydrogen-bond acceptors (Lipinski definition) is 2. The molecule has 26 heavy (non-hydrogen) atoms. The van der Waals surface area contributed by atoms with Crippen LogP contribution in [0.2, 0.25) is 5.02 Å². The summed E-state index contributed by atoms with van der Waals surface area (Å²) in [5, 5.41) is 3.78. The Morgan fingerprint density at radius 2 is 1.88 bits per heavy atom. The highest BCUT2D eigenvalue weighted by atomic mass is 35.5. The maximum atomic E-state index is 12.8. The van der Waals surface area contributed by atoms with Crippen molar-refractivity contribution in [2.24, 2.45) is 11.8 Å². The Kier molecular flexibility index (Phi) is 4.68. The van der Waals surface area contributed by atoms with E-state index in [1.165, 1.54) is 0 Å². The Bertz CT molecular complexity index is 820. The number of carbonyl (C=O) groups excluding carboxylic acids is 2. The van der Waals surface area contributed by atoms with Crippen LogP contribution in [-0.2, 0) is 9.59 Å². The lowest BCUT2D eigenvalue weighted by Gasteiger charge is -2.21. The molecule has 2 fully saturated rings. The number of rotatable bonds is 5. The van der Waals surface area contributed by atoms with Crippen LogP contribution in [0.25, 0.3) is 0 Å². The number of halogens is 1. The van der Waals surface area contributed by atoms with Crippen molar-refractivity contribution >= 4 is 29.1 Å². The first-order valence-electron chi connectivity index (χ1n) is 9.03. The molecule has 1 N–H and O–H groups in total. The van der Waals surface area contributed by atoms with Crippen molar-refractivity contribution in [1.82, 2.24) is 5.32 Å². The highest BCUT2D eigenvalue weighted by molar-refractivity contribution is 6.31. The molecule has 4 nitrogen and oxygen atoms in total. The van der Waals surface area contributed by atoms with Gasteiger partial charge in [-0.3, -0.25) is 9.59 Å². The first-order chi connectivity index (χ1) is 12.6. The molecule has 0 spiro atoms. The smallest absolute Gasteiger partial charge is 0.227 e. The molecule has 1 heterocycles. The summed E-state index contributed by atoms with van der Waals surface area (Å²) in [6, 6.07) is 17.3. The van der Waals surface area contributed by atoms with Crippen molar-refractivity contribution in [2.45, 2.75) is 25.3 Å². The number of anilines is 1. The molecule has 5 heteroatoms. The molecule has 0 radical (unpaired) electrons. The van der Waals surface area contributed by atoms with Crippen LogP contribution < -0.4 is 10.2 Å². The van der Waals surface area contributed by atoms with Gasteiger partial charge in [-0.2, -0.15) is 0 Å². The zero-order valence-electron chi connectivity index (χ0n) is 14.4. The predicted octanol–water partition coefficient (Wildman–Crippen LogP) is 3.96. The SMILES string of the molecule is O=C(NC(c1ccccc1)C1CC1)C1CC(=O)N(c2cccc(Cl)c2)C1. The van der Waals surface area contributed by atoms with Crippen LogP contribution in [0.3, 0.4) is 0 Å². The maximum Gasteiger partial charge on any atom is 0.227 e. The van der Waals surface area contributed by atoms with E-state index in [1.54, 1.807) is 17.0 Å². The highest BCUT2D eigenvalue weighted by Crippen LogP contribution is 2.41. The van der Waals surface area contributed by atoms with Gasteiger partial charge in [0.05, 0.1) is 12.0 Å².